The SMILES string of the molecule is COC[C@H](C)C(=O)N1CC(Oc2ccc(C#N)cc2)C1. The molecule has 1 aliphatic rings. The maximum absolute atomic E-state index is 12.0. The number of likely N-dealkylation sites (tertiary alicyclic amines) is 1. The van der Waals surface area contributed by atoms with E-state index in [-0.39, 0.29) is 17.9 Å². The van der Waals surface area contributed by atoms with Crippen molar-refractivity contribution in [2.45, 2.75) is 13.0 Å². The highest BCUT2D eigenvalue weighted by molar-refractivity contribution is 5.79. The number of carbonyl (C=O) groups is 1. The van der Waals surface area contributed by atoms with E-state index in [2.05, 4.69) is 6.07 Å². The first kappa shape index (κ1) is 14.4. The van der Waals surface area contributed by atoms with Gasteiger partial charge in [0.2, 0.25) is 5.91 Å². The molecule has 0 aromatic heterocycles. The second-order valence-electron chi connectivity index (χ2n) is 4.98. The molecule has 5 nitrogen and oxygen atoms in total. The van der Waals surface area contributed by atoms with Crippen molar-refractivity contribution in [3.8, 4) is 11.8 Å². The minimum atomic E-state index is -0.115. The van der Waals surface area contributed by atoms with E-state index in [4.69, 9.17) is 14.7 Å². The van der Waals surface area contributed by atoms with E-state index in [1.54, 1.807) is 36.3 Å². The number of nitriles is 1. The molecule has 0 aliphatic carbocycles. The van der Waals surface area contributed by atoms with Crippen LogP contribution < -0.4 is 4.74 Å². The minimum absolute atomic E-state index is 0.0293. The smallest absolute Gasteiger partial charge is 0.227 e. The molecular weight excluding hydrogens is 256 g/mol. The molecule has 0 bridgehead atoms. The van der Waals surface area contributed by atoms with Gasteiger partial charge in [0, 0.05) is 7.11 Å². The molecule has 0 spiro atoms. The van der Waals surface area contributed by atoms with Crippen molar-refractivity contribution in [1.82, 2.24) is 4.90 Å². The van der Waals surface area contributed by atoms with Crippen LogP contribution in [0.15, 0.2) is 24.3 Å². The molecular formula is C15H18N2O3. The molecule has 0 unspecified atom stereocenters. The summed E-state index contributed by atoms with van der Waals surface area (Å²) in [6.45, 7) is 3.51. The van der Waals surface area contributed by atoms with Crippen LogP contribution in [-0.4, -0.2) is 43.7 Å². The number of hydrogen-bond acceptors (Lipinski definition) is 4. The van der Waals surface area contributed by atoms with Crippen LogP contribution in [0, 0.1) is 17.2 Å². The predicted molar refractivity (Wildman–Crippen MR) is 73.2 cm³/mol. The van der Waals surface area contributed by atoms with Crippen LogP contribution >= 0.6 is 0 Å². The predicted octanol–water partition coefficient (Wildman–Crippen LogP) is 1.43. The van der Waals surface area contributed by atoms with Crippen LogP contribution in [0.1, 0.15) is 12.5 Å². The molecule has 0 N–H and O–H groups in total. The van der Waals surface area contributed by atoms with Crippen molar-refractivity contribution in [2.75, 3.05) is 26.8 Å². The summed E-state index contributed by atoms with van der Waals surface area (Å²) in [6.07, 6.45) is 0.0293. The van der Waals surface area contributed by atoms with Gasteiger partial charge in [0.25, 0.3) is 0 Å². The van der Waals surface area contributed by atoms with Gasteiger partial charge in [-0.3, -0.25) is 4.79 Å². The molecule has 1 heterocycles. The number of hydrogen-bond donors (Lipinski definition) is 0. The summed E-state index contributed by atoms with van der Waals surface area (Å²) in [6, 6.07) is 9.05. The highest BCUT2D eigenvalue weighted by atomic mass is 16.5. The zero-order valence-corrected chi connectivity index (χ0v) is 11.7. The number of carbonyl (C=O) groups excluding carboxylic acids is 1. The second-order valence-corrected chi connectivity index (χ2v) is 4.98. The summed E-state index contributed by atoms with van der Waals surface area (Å²) in [5, 5.41) is 8.71. The summed E-state index contributed by atoms with van der Waals surface area (Å²) in [4.78, 5) is 13.7. The first-order valence-corrected chi connectivity index (χ1v) is 6.58. The van der Waals surface area contributed by atoms with Crippen molar-refractivity contribution >= 4 is 5.91 Å². The summed E-state index contributed by atoms with van der Waals surface area (Å²) in [5.74, 6) is 0.716. The van der Waals surface area contributed by atoms with E-state index in [1.165, 1.54) is 0 Å². The number of rotatable bonds is 5. The van der Waals surface area contributed by atoms with Crippen LogP contribution in [0.3, 0.4) is 0 Å². The Bertz CT molecular complexity index is 501. The van der Waals surface area contributed by atoms with Gasteiger partial charge in [-0.05, 0) is 24.3 Å². The average Bonchev–Trinajstić information content (AvgIpc) is 2.42. The lowest BCUT2D eigenvalue weighted by molar-refractivity contribution is -0.145. The Morgan fingerprint density at radius 3 is 2.65 bits per heavy atom. The van der Waals surface area contributed by atoms with Gasteiger partial charge in [0.05, 0.1) is 37.2 Å². The van der Waals surface area contributed by atoms with Crippen LogP contribution in [0.5, 0.6) is 5.75 Å². The summed E-state index contributed by atoms with van der Waals surface area (Å²) in [5.41, 5.74) is 0.608. The Hall–Kier alpha value is -2.06. The Balaban J connectivity index is 1.79. The normalized spacial score (nSPS) is 16.1. The summed E-state index contributed by atoms with van der Waals surface area (Å²) < 4.78 is 10.7. The van der Waals surface area contributed by atoms with Gasteiger partial charge in [-0.25, -0.2) is 0 Å². The van der Waals surface area contributed by atoms with Crippen LogP contribution in [-0.2, 0) is 9.53 Å². The fraction of sp³-hybridized carbons (Fsp3) is 0.467. The van der Waals surface area contributed by atoms with E-state index in [1.807, 2.05) is 6.92 Å². The molecule has 5 heteroatoms. The lowest BCUT2D eigenvalue weighted by Gasteiger charge is -2.40. The number of amides is 1. The number of benzene rings is 1. The highest BCUT2D eigenvalue weighted by Crippen LogP contribution is 2.20. The monoisotopic (exact) mass is 274 g/mol. The van der Waals surface area contributed by atoms with Crippen LogP contribution in [0.25, 0.3) is 0 Å². The first-order valence-electron chi connectivity index (χ1n) is 6.58. The number of ether oxygens (including phenoxy) is 2. The molecule has 1 aliphatic heterocycles. The molecule has 106 valence electrons. The number of methoxy groups -OCH3 is 1. The van der Waals surface area contributed by atoms with Crippen molar-refractivity contribution in [3.05, 3.63) is 29.8 Å². The summed E-state index contributed by atoms with van der Waals surface area (Å²) >= 11 is 0. The maximum atomic E-state index is 12.0. The van der Waals surface area contributed by atoms with Crippen molar-refractivity contribution in [3.63, 3.8) is 0 Å². The molecule has 1 amide bonds. The Kier molecular flexibility index (Phi) is 4.59. The molecule has 2 rings (SSSR count). The van der Waals surface area contributed by atoms with E-state index < -0.39 is 0 Å². The molecule has 1 fully saturated rings. The molecule has 0 radical (unpaired) electrons. The lowest BCUT2D eigenvalue weighted by atomic mass is 10.1. The minimum Gasteiger partial charge on any atom is -0.487 e. The topological polar surface area (TPSA) is 62.6 Å². The third-order valence-corrected chi connectivity index (χ3v) is 3.28. The molecule has 20 heavy (non-hydrogen) atoms. The van der Waals surface area contributed by atoms with Gasteiger partial charge in [0.15, 0.2) is 0 Å². The van der Waals surface area contributed by atoms with Gasteiger partial charge in [-0.2, -0.15) is 5.26 Å². The lowest BCUT2D eigenvalue weighted by Crippen LogP contribution is -2.57. The fourth-order valence-electron chi connectivity index (χ4n) is 2.13. The highest BCUT2D eigenvalue weighted by Gasteiger charge is 2.34. The third-order valence-electron chi connectivity index (χ3n) is 3.28. The van der Waals surface area contributed by atoms with Crippen LogP contribution in [0.4, 0.5) is 0 Å². The molecule has 0 saturated carbocycles. The fourth-order valence-corrected chi connectivity index (χ4v) is 2.13. The average molecular weight is 274 g/mol. The van der Waals surface area contributed by atoms with Gasteiger partial charge in [-0.15, -0.1) is 0 Å². The van der Waals surface area contributed by atoms with E-state index in [0.717, 1.165) is 5.75 Å². The molecule has 1 aromatic rings. The van der Waals surface area contributed by atoms with Crippen molar-refractivity contribution in [2.24, 2.45) is 5.92 Å². The van der Waals surface area contributed by atoms with Crippen LogP contribution in [0.2, 0.25) is 0 Å². The first-order chi connectivity index (χ1) is 9.63. The van der Waals surface area contributed by atoms with Gasteiger partial charge in [-0.1, -0.05) is 6.92 Å². The Morgan fingerprint density at radius 1 is 1.45 bits per heavy atom. The quantitative estimate of drug-likeness (QED) is 0.815. The van der Waals surface area contributed by atoms with Gasteiger partial charge < -0.3 is 14.4 Å². The van der Waals surface area contributed by atoms with E-state index in [0.29, 0.717) is 25.3 Å². The maximum Gasteiger partial charge on any atom is 0.227 e. The summed E-state index contributed by atoms with van der Waals surface area (Å²) in [7, 11) is 1.59. The Labute approximate surface area is 118 Å². The van der Waals surface area contributed by atoms with Crippen molar-refractivity contribution in [1.29, 1.82) is 5.26 Å². The number of nitrogens with zero attached hydrogens (tertiary/aromatic N) is 2. The Morgan fingerprint density at radius 2 is 2.10 bits per heavy atom. The molecule has 1 saturated heterocycles. The standard InChI is InChI=1S/C15H18N2O3/c1-11(10-19-2)15(18)17-8-14(9-17)20-13-5-3-12(7-16)4-6-13/h3-6,11,14H,8-10H2,1-2H3/t11-/m0/s1. The van der Waals surface area contributed by atoms with Gasteiger partial charge >= 0.3 is 0 Å². The van der Waals surface area contributed by atoms with Gasteiger partial charge in [0.1, 0.15) is 11.9 Å². The zero-order chi connectivity index (χ0) is 14.5. The van der Waals surface area contributed by atoms with Crippen molar-refractivity contribution < 1.29 is 14.3 Å². The molecule has 1 atom stereocenters. The van der Waals surface area contributed by atoms with E-state index in [9.17, 15) is 4.79 Å². The molecule has 1 aromatic carbocycles. The van der Waals surface area contributed by atoms with E-state index >= 15 is 0 Å². The third kappa shape index (κ3) is 3.28. The largest absolute Gasteiger partial charge is 0.487 e. The zero-order valence-electron chi connectivity index (χ0n) is 11.7. The second kappa shape index (κ2) is 6.40.